The SMILES string of the molecule is CC(Cc1cccs1)NCC(=O)N1CCCC1. The Labute approximate surface area is 107 Å². The molecule has 17 heavy (non-hydrogen) atoms. The summed E-state index contributed by atoms with van der Waals surface area (Å²) in [6.07, 6.45) is 3.33. The fourth-order valence-electron chi connectivity index (χ4n) is 2.14. The molecule has 0 aromatic carbocycles. The van der Waals surface area contributed by atoms with Gasteiger partial charge in [0.15, 0.2) is 0 Å². The van der Waals surface area contributed by atoms with Crippen LogP contribution in [0.25, 0.3) is 0 Å². The largest absolute Gasteiger partial charge is 0.342 e. The average molecular weight is 252 g/mol. The highest BCUT2D eigenvalue weighted by atomic mass is 32.1. The Morgan fingerprint density at radius 1 is 1.53 bits per heavy atom. The first kappa shape index (κ1) is 12.6. The lowest BCUT2D eigenvalue weighted by molar-refractivity contribution is -0.129. The second-order valence-electron chi connectivity index (χ2n) is 4.65. The van der Waals surface area contributed by atoms with Crippen molar-refractivity contribution in [3.8, 4) is 0 Å². The summed E-state index contributed by atoms with van der Waals surface area (Å²) >= 11 is 1.78. The smallest absolute Gasteiger partial charge is 0.236 e. The third-order valence-corrected chi connectivity index (χ3v) is 4.05. The number of nitrogens with zero attached hydrogens (tertiary/aromatic N) is 1. The van der Waals surface area contributed by atoms with Gasteiger partial charge in [-0.25, -0.2) is 0 Å². The van der Waals surface area contributed by atoms with E-state index < -0.39 is 0 Å². The summed E-state index contributed by atoms with van der Waals surface area (Å²) in [5, 5.41) is 5.41. The first-order chi connectivity index (χ1) is 8.25. The Hall–Kier alpha value is -0.870. The number of carbonyl (C=O) groups is 1. The Kier molecular flexibility index (Phi) is 4.57. The van der Waals surface area contributed by atoms with Crippen molar-refractivity contribution in [2.24, 2.45) is 0 Å². The van der Waals surface area contributed by atoms with Gasteiger partial charge in [0.05, 0.1) is 6.54 Å². The molecule has 1 aromatic heterocycles. The molecule has 3 nitrogen and oxygen atoms in total. The van der Waals surface area contributed by atoms with Gasteiger partial charge in [0, 0.05) is 24.0 Å². The van der Waals surface area contributed by atoms with Gasteiger partial charge in [-0.15, -0.1) is 11.3 Å². The summed E-state index contributed by atoms with van der Waals surface area (Å²) in [4.78, 5) is 15.2. The molecule has 1 fully saturated rings. The molecule has 0 radical (unpaired) electrons. The quantitative estimate of drug-likeness (QED) is 0.868. The highest BCUT2D eigenvalue weighted by Crippen LogP contribution is 2.11. The molecule has 2 rings (SSSR count). The summed E-state index contributed by atoms with van der Waals surface area (Å²) in [7, 11) is 0. The van der Waals surface area contributed by atoms with Gasteiger partial charge in [0.1, 0.15) is 0 Å². The number of amides is 1. The zero-order chi connectivity index (χ0) is 12.1. The first-order valence-electron chi connectivity index (χ1n) is 6.29. The predicted molar refractivity (Wildman–Crippen MR) is 71.3 cm³/mol. The number of carbonyl (C=O) groups excluding carboxylic acids is 1. The molecule has 0 bridgehead atoms. The van der Waals surface area contributed by atoms with E-state index in [1.54, 1.807) is 11.3 Å². The second kappa shape index (κ2) is 6.17. The second-order valence-corrected chi connectivity index (χ2v) is 5.69. The summed E-state index contributed by atoms with van der Waals surface area (Å²) in [6, 6.07) is 4.58. The molecule has 0 saturated carbocycles. The van der Waals surface area contributed by atoms with E-state index in [9.17, 15) is 4.79 Å². The monoisotopic (exact) mass is 252 g/mol. The van der Waals surface area contributed by atoms with Crippen LogP contribution < -0.4 is 5.32 Å². The van der Waals surface area contributed by atoms with Crippen LogP contribution in [-0.4, -0.2) is 36.5 Å². The normalized spacial score (nSPS) is 17.4. The average Bonchev–Trinajstić information content (AvgIpc) is 2.97. The van der Waals surface area contributed by atoms with Crippen LogP contribution in [0.4, 0.5) is 0 Å². The number of nitrogens with one attached hydrogen (secondary N) is 1. The lowest BCUT2D eigenvalue weighted by Gasteiger charge is -2.18. The van der Waals surface area contributed by atoms with E-state index in [-0.39, 0.29) is 5.91 Å². The minimum Gasteiger partial charge on any atom is -0.342 e. The maximum atomic E-state index is 11.8. The lowest BCUT2D eigenvalue weighted by Crippen LogP contribution is -2.40. The van der Waals surface area contributed by atoms with Crippen LogP contribution in [0.1, 0.15) is 24.6 Å². The molecule has 1 N–H and O–H groups in total. The Morgan fingerprint density at radius 3 is 2.94 bits per heavy atom. The zero-order valence-corrected chi connectivity index (χ0v) is 11.1. The van der Waals surface area contributed by atoms with Crippen molar-refractivity contribution in [1.29, 1.82) is 0 Å². The number of likely N-dealkylation sites (tertiary alicyclic amines) is 1. The standard InChI is InChI=1S/C13H20N2OS/c1-11(9-12-5-4-8-17-12)14-10-13(16)15-6-2-3-7-15/h4-5,8,11,14H,2-3,6-7,9-10H2,1H3. The molecule has 1 atom stereocenters. The third kappa shape index (κ3) is 3.82. The number of hydrogen-bond acceptors (Lipinski definition) is 3. The van der Waals surface area contributed by atoms with E-state index in [0.29, 0.717) is 12.6 Å². The van der Waals surface area contributed by atoms with Gasteiger partial charge < -0.3 is 10.2 Å². The molecular formula is C13H20N2OS. The van der Waals surface area contributed by atoms with Gasteiger partial charge in [-0.1, -0.05) is 6.07 Å². The molecule has 94 valence electrons. The molecule has 1 aromatic rings. The van der Waals surface area contributed by atoms with Crippen molar-refractivity contribution in [3.05, 3.63) is 22.4 Å². The van der Waals surface area contributed by atoms with Crippen LogP contribution >= 0.6 is 11.3 Å². The highest BCUT2D eigenvalue weighted by Gasteiger charge is 2.17. The molecule has 0 aliphatic carbocycles. The number of rotatable bonds is 5. The molecule has 1 amide bonds. The number of thiophene rings is 1. The molecule has 4 heteroatoms. The summed E-state index contributed by atoms with van der Waals surface area (Å²) in [6.45, 7) is 4.50. The van der Waals surface area contributed by atoms with Gasteiger partial charge in [0.2, 0.25) is 5.91 Å². The Bertz CT molecular complexity index is 344. The van der Waals surface area contributed by atoms with Gasteiger partial charge in [-0.2, -0.15) is 0 Å². The van der Waals surface area contributed by atoms with Gasteiger partial charge in [-0.05, 0) is 37.6 Å². The van der Waals surface area contributed by atoms with Crippen molar-refractivity contribution >= 4 is 17.2 Å². The fourth-order valence-corrected chi connectivity index (χ4v) is 2.98. The van der Waals surface area contributed by atoms with Gasteiger partial charge in [-0.3, -0.25) is 4.79 Å². The lowest BCUT2D eigenvalue weighted by atomic mass is 10.2. The van der Waals surface area contributed by atoms with Crippen molar-refractivity contribution in [2.45, 2.75) is 32.2 Å². The zero-order valence-electron chi connectivity index (χ0n) is 10.3. The maximum absolute atomic E-state index is 11.8. The van der Waals surface area contributed by atoms with E-state index in [1.807, 2.05) is 4.90 Å². The molecule has 2 heterocycles. The first-order valence-corrected chi connectivity index (χ1v) is 7.17. The Morgan fingerprint density at radius 2 is 2.29 bits per heavy atom. The Balaban J connectivity index is 1.68. The van der Waals surface area contributed by atoms with Gasteiger partial charge in [0.25, 0.3) is 0 Å². The van der Waals surface area contributed by atoms with Crippen molar-refractivity contribution < 1.29 is 4.79 Å². The van der Waals surface area contributed by atoms with Crippen LogP contribution in [-0.2, 0) is 11.2 Å². The minimum atomic E-state index is 0.250. The maximum Gasteiger partial charge on any atom is 0.236 e. The molecule has 1 aliphatic heterocycles. The molecule has 1 unspecified atom stereocenters. The van der Waals surface area contributed by atoms with E-state index in [4.69, 9.17) is 0 Å². The van der Waals surface area contributed by atoms with Gasteiger partial charge >= 0.3 is 0 Å². The van der Waals surface area contributed by atoms with Crippen molar-refractivity contribution in [2.75, 3.05) is 19.6 Å². The van der Waals surface area contributed by atoms with Crippen LogP contribution in [0.2, 0.25) is 0 Å². The topological polar surface area (TPSA) is 32.3 Å². The van der Waals surface area contributed by atoms with Crippen LogP contribution in [0, 0.1) is 0 Å². The summed E-state index contributed by atoms with van der Waals surface area (Å²) < 4.78 is 0. The van der Waals surface area contributed by atoms with E-state index in [1.165, 1.54) is 4.88 Å². The van der Waals surface area contributed by atoms with Crippen molar-refractivity contribution in [3.63, 3.8) is 0 Å². The predicted octanol–water partition coefficient (Wildman–Crippen LogP) is 1.89. The van der Waals surface area contributed by atoms with E-state index >= 15 is 0 Å². The molecule has 1 saturated heterocycles. The third-order valence-electron chi connectivity index (χ3n) is 3.15. The molecular weight excluding hydrogens is 232 g/mol. The van der Waals surface area contributed by atoms with Crippen molar-refractivity contribution in [1.82, 2.24) is 10.2 Å². The van der Waals surface area contributed by atoms with Crippen LogP contribution in [0.15, 0.2) is 17.5 Å². The van der Waals surface area contributed by atoms with E-state index in [2.05, 4.69) is 29.8 Å². The summed E-state index contributed by atoms with van der Waals surface area (Å²) in [5.41, 5.74) is 0. The highest BCUT2D eigenvalue weighted by molar-refractivity contribution is 7.09. The molecule has 1 aliphatic rings. The van der Waals surface area contributed by atoms with E-state index in [0.717, 1.165) is 32.4 Å². The van der Waals surface area contributed by atoms with Crippen LogP contribution in [0.3, 0.4) is 0 Å². The number of hydrogen-bond donors (Lipinski definition) is 1. The molecule has 0 spiro atoms. The van der Waals surface area contributed by atoms with Crippen LogP contribution in [0.5, 0.6) is 0 Å². The minimum absolute atomic E-state index is 0.250. The fraction of sp³-hybridized carbons (Fsp3) is 0.615. The summed E-state index contributed by atoms with van der Waals surface area (Å²) in [5.74, 6) is 0.250.